The van der Waals surface area contributed by atoms with E-state index in [9.17, 15) is 0 Å². The monoisotopic (exact) mass is 221 g/mol. The number of ether oxygens (including phenoxy) is 1. The maximum atomic E-state index is 8.42. The molecule has 1 unspecified atom stereocenters. The van der Waals surface area contributed by atoms with Crippen molar-refractivity contribution in [2.24, 2.45) is 0 Å². The van der Waals surface area contributed by atoms with Gasteiger partial charge in [-0.15, -0.1) is 0 Å². The Bertz CT molecular complexity index is 346. The second-order valence-electron chi connectivity index (χ2n) is 3.41. The molecule has 0 aliphatic heterocycles. The average Bonchev–Trinajstić information content (AvgIpc) is 2.29. The van der Waals surface area contributed by atoms with Crippen molar-refractivity contribution in [3.05, 3.63) is 29.8 Å². The zero-order chi connectivity index (χ0) is 11.1. The smallest absolute Gasteiger partial charge is 0.133 e. The van der Waals surface area contributed by atoms with Crippen LogP contribution in [0.5, 0.6) is 5.75 Å². The van der Waals surface area contributed by atoms with E-state index in [4.69, 9.17) is 10.00 Å². The summed E-state index contributed by atoms with van der Waals surface area (Å²) in [4.78, 5) is 0. The van der Waals surface area contributed by atoms with E-state index in [1.165, 1.54) is 17.3 Å². The van der Waals surface area contributed by atoms with Crippen molar-refractivity contribution < 1.29 is 4.74 Å². The molecule has 0 aromatic heterocycles. The highest BCUT2D eigenvalue weighted by molar-refractivity contribution is 8.03. The van der Waals surface area contributed by atoms with Gasteiger partial charge >= 0.3 is 0 Å². The van der Waals surface area contributed by atoms with Gasteiger partial charge in [0.1, 0.15) is 11.2 Å². The van der Waals surface area contributed by atoms with Crippen LogP contribution in [0.2, 0.25) is 0 Å². The van der Waals surface area contributed by atoms with Crippen molar-refractivity contribution >= 4 is 11.8 Å². The van der Waals surface area contributed by atoms with Crippen LogP contribution in [0.3, 0.4) is 0 Å². The lowest BCUT2D eigenvalue weighted by molar-refractivity contribution is 0.414. The summed E-state index contributed by atoms with van der Waals surface area (Å²) in [7, 11) is 1.68. The van der Waals surface area contributed by atoms with Gasteiger partial charge in [-0.3, -0.25) is 0 Å². The van der Waals surface area contributed by atoms with Crippen molar-refractivity contribution in [2.45, 2.75) is 19.3 Å². The Labute approximate surface area is 95.3 Å². The Morgan fingerprint density at radius 2 is 2.33 bits per heavy atom. The molecule has 0 spiro atoms. The molecule has 0 radical (unpaired) electrons. The minimum absolute atomic E-state index is 0.473. The predicted octanol–water partition coefficient (Wildman–Crippen LogP) is 3.40. The van der Waals surface area contributed by atoms with Gasteiger partial charge in [-0.05, 0) is 41.8 Å². The molecule has 1 aromatic rings. The van der Waals surface area contributed by atoms with E-state index in [1.54, 1.807) is 7.11 Å². The van der Waals surface area contributed by atoms with Crippen molar-refractivity contribution in [1.29, 1.82) is 5.26 Å². The Morgan fingerprint density at radius 3 is 3.00 bits per heavy atom. The fourth-order valence-electron chi connectivity index (χ4n) is 1.40. The summed E-state index contributed by atoms with van der Waals surface area (Å²) in [5.74, 6) is 2.25. The average molecular weight is 221 g/mol. The van der Waals surface area contributed by atoms with Crippen molar-refractivity contribution in [3.8, 4) is 11.2 Å². The number of methoxy groups -OCH3 is 1. The summed E-state index contributed by atoms with van der Waals surface area (Å²) in [6, 6.07) is 8.11. The molecule has 3 heteroatoms. The molecule has 0 fully saturated rings. The third-order valence-corrected chi connectivity index (χ3v) is 2.95. The van der Waals surface area contributed by atoms with E-state index in [2.05, 4.69) is 24.5 Å². The van der Waals surface area contributed by atoms with E-state index < -0.39 is 0 Å². The maximum Gasteiger partial charge on any atom is 0.133 e. The van der Waals surface area contributed by atoms with Gasteiger partial charge in [0.15, 0.2) is 0 Å². The Hall–Kier alpha value is -1.14. The Morgan fingerprint density at radius 1 is 1.53 bits per heavy atom. The van der Waals surface area contributed by atoms with Gasteiger partial charge in [-0.1, -0.05) is 19.1 Å². The number of benzene rings is 1. The number of rotatable bonds is 5. The largest absolute Gasteiger partial charge is 0.497 e. The fourth-order valence-corrected chi connectivity index (χ4v) is 1.96. The first kappa shape index (κ1) is 11.9. The quantitative estimate of drug-likeness (QED) is 0.564. The molecule has 0 saturated carbocycles. The molecule has 0 aliphatic carbocycles. The lowest BCUT2D eigenvalue weighted by atomic mass is 9.99. The van der Waals surface area contributed by atoms with Crippen LogP contribution in [0.4, 0.5) is 0 Å². The SMILES string of the molecule is COc1cccc(C(C)CCSC#N)c1. The number of hydrogen-bond donors (Lipinski definition) is 0. The normalized spacial score (nSPS) is 11.8. The first-order valence-electron chi connectivity index (χ1n) is 4.92. The number of nitrogens with zero attached hydrogens (tertiary/aromatic N) is 1. The molecule has 0 heterocycles. The standard InChI is InChI=1S/C12H15NOS/c1-10(6-7-15-9-13)11-4-3-5-12(8-11)14-2/h3-5,8,10H,6-7H2,1-2H3. The molecule has 15 heavy (non-hydrogen) atoms. The molecule has 1 aromatic carbocycles. The van der Waals surface area contributed by atoms with Crippen molar-refractivity contribution in [3.63, 3.8) is 0 Å². The zero-order valence-corrected chi connectivity index (χ0v) is 9.88. The fraction of sp³-hybridized carbons (Fsp3) is 0.417. The summed E-state index contributed by atoms with van der Waals surface area (Å²) < 4.78 is 5.17. The molecule has 0 aliphatic rings. The van der Waals surface area contributed by atoms with Crippen LogP contribution < -0.4 is 4.74 Å². The summed E-state index contributed by atoms with van der Waals surface area (Å²) in [6.07, 6.45) is 1.02. The van der Waals surface area contributed by atoms with E-state index in [-0.39, 0.29) is 0 Å². The molecule has 0 N–H and O–H groups in total. The van der Waals surface area contributed by atoms with E-state index in [0.29, 0.717) is 5.92 Å². The van der Waals surface area contributed by atoms with Gasteiger partial charge in [0.2, 0.25) is 0 Å². The van der Waals surface area contributed by atoms with E-state index in [1.807, 2.05) is 12.1 Å². The summed E-state index contributed by atoms with van der Waals surface area (Å²) in [5.41, 5.74) is 1.27. The minimum Gasteiger partial charge on any atom is -0.497 e. The second kappa shape index (κ2) is 6.36. The molecule has 80 valence electrons. The van der Waals surface area contributed by atoms with Gasteiger partial charge in [-0.25, -0.2) is 0 Å². The first-order valence-corrected chi connectivity index (χ1v) is 5.91. The highest BCUT2D eigenvalue weighted by Crippen LogP contribution is 2.24. The topological polar surface area (TPSA) is 33.0 Å². The first-order chi connectivity index (χ1) is 7.27. The molecule has 0 amide bonds. The molecule has 1 rings (SSSR count). The third-order valence-electron chi connectivity index (χ3n) is 2.38. The number of nitriles is 1. The van der Waals surface area contributed by atoms with Gasteiger partial charge in [0, 0.05) is 5.75 Å². The van der Waals surface area contributed by atoms with Crippen molar-refractivity contribution in [1.82, 2.24) is 0 Å². The highest BCUT2D eigenvalue weighted by Gasteiger charge is 2.06. The maximum absolute atomic E-state index is 8.42. The number of thiocyanates is 1. The van der Waals surface area contributed by atoms with Crippen molar-refractivity contribution in [2.75, 3.05) is 12.9 Å². The predicted molar refractivity (Wildman–Crippen MR) is 64.1 cm³/mol. The zero-order valence-electron chi connectivity index (χ0n) is 9.06. The van der Waals surface area contributed by atoms with Gasteiger partial charge in [-0.2, -0.15) is 5.26 Å². The van der Waals surface area contributed by atoms with E-state index in [0.717, 1.165) is 17.9 Å². The van der Waals surface area contributed by atoms with Crippen LogP contribution in [0.25, 0.3) is 0 Å². The summed E-state index contributed by atoms with van der Waals surface area (Å²) in [6.45, 7) is 2.17. The molecular weight excluding hydrogens is 206 g/mol. The van der Waals surface area contributed by atoms with Crippen LogP contribution in [0.1, 0.15) is 24.8 Å². The summed E-state index contributed by atoms with van der Waals surface area (Å²) >= 11 is 1.32. The van der Waals surface area contributed by atoms with Gasteiger partial charge in [0.05, 0.1) is 7.11 Å². The van der Waals surface area contributed by atoms with Crippen LogP contribution >= 0.6 is 11.8 Å². The number of thioether (sulfide) groups is 1. The van der Waals surface area contributed by atoms with Gasteiger partial charge in [0.25, 0.3) is 0 Å². The highest BCUT2D eigenvalue weighted by atomic mass is 32.2. The molecule has 0 bridgehead atoms. The minimum atomic E-state index is 0.473. The van der Waals surface area contributed by atoms with Crippen LogP contribution in [0, 0.1) is 10.7 Å². The molecule has 1 atom stereocenters. The molecular formula is C12H15NOS. The van der Waals surface area contributed by atoms with Crippen LogP contribution in [0.15, 0.2) is 24.3 Å². The summed E-state index contributed by atoms with van der Waals surface area (Å²) in [5, 5.41) is 10.5. The molecule has 2 nitrogen and oxygen atoms in total. The van der Waals surface area contributed by atoms with Gasteiger partial charge < -0.3 is 4.74 Å². The second-order valence-corrected chi connectivity index (χ2v) is 4.29. The lowest BCUT2D eigenvalue weighted by Gasteiger charge is -2.11. The van der Waals surface area contributed by atoms with Crippen LogP contribution in [-0.4, -0.2) is 12.9 Å². The Kier molecular flexibility index (Phi) is 5.06. The Balaban J connectivity index is 2.57. The lowest BCUT2D eigenvalue weighted by Crippen LogP contribution is -1.95. The number of hydrogen-bond acceptors (Lipinski definition) is 3. The van der Waals surface area contributed by atoms with E-state index >= 15 is 0 Å². The third kappa shape index (κ3) is 3.85. The molecule has 0 saturated heterocycles. The van der Waals surface area contributed by atoms with Crippen LogP contribution in [-0.2, 0) is 0 Å².